The van der Waals surface area contributed by atoms with E-state index in [0.717, 1.165) is 11.3 Å². The molecule has 0 spiro atoms. The molecule has 14 heavy (non-hydrogen) atoms. The Morgan fingerprint density at radius 2 is 2.36 bits per heavy atom. The van der Waals surface area contributed by atoms with Crippen molar-refractivity contribution < 1.29 is 0 Å². The molecule has 0 amide bonds. The molecule has 0 aliphatic heterocycles. The van der Waals surface area contributed by atoms with Gasteiger partial charge in [-0.1, -0.05) is 6.07 Å². The molecule has 0 saturated carbocycles. The predicted molar refractivity (Wildman–Crippen MR) is 61.2 cm³/mol. The Hall–Kier alpha value is -1.49. The van der Waals surface area contributed by atoms with Gasteiger partial charge in [0.2, 0.25) is 0 Å². The van der Waals surface area contributed by atoms with E-state index >= 15 is 0 Å². The van der Waals surface area contributed by atoms with Gasteiger partial charge < -0.3 is 5.32 Å². The van der Waals surface area contributed by atoms with E-state index in [1.807, 2.05) is 19.1 Å². The summed E-state index contributed by atoms with van der Waals surface area (Å²) in [4.78, 5) is 4.00. The van der Waals surface area contributed by atoms with Gasteiger partial charge in [-0.15, -0.1) is 0 Å². The van der Waals surface area contributed by atoms with Gasteiger partial charge in [-0.05, 0) is 25.2 Å². The van der Waals surface area contributed by atoms with Crippen LogP contribution in [-0.4, -0.2) is 22.9 Å². The molecule has 1 aromatic heterocycles. The normalized spacial score (nSPS) is 10.9. The fourth-order valence-corrected chi connectivity index (χ4v) is 0.877. The van der Waals surface area contributed by atoms with Crippen molar-refractivity contribution in [3.05, 3.63) is 30.1 Å². The molecular weight excluding hydrogens is 196 g/mol. The SMILES string of the molecule is CNC(=S)N/N=C(/C)c1cccnc1. The first-order valence-electron chi connectivity index (χ1n) is 4.16. The van der Waals surface area contributed by atoms with Crippen LogP contribution in [0.25, 0.3) is 0 Å². The molecule has 0 bridgehead atoms. The molecular formula is C9H12N4S. The Labute approximate surface area is 88.4 Å². The molecule has 2 N–H and O–H groups in total. The van der Waals surface area contributed by atoms with Gasteiger partial charge in [0.05, 0.1) is 5.71 Å². The van der Waals surface area contributed by atoms with Crippen LogP contribution in [0.4, 0.5) is 0 Å². The second kappa shape index (κ2) is 5.29. The first kappa shape index (κ1) is 10.6. The van der Waals surface area contributed by atoms with E-state index in [1.54, 1.807) is 19.4 Å². The summed E-state index contributed by atoms with van der Waals surface area (Å²) in [6.07, 6.45) is 3.48. The van der Waals surface area contributed by atoms with Crippen LogP contribution in [0.3, 0.4) is 0 Å². The summed E-state index contributed by atoms with van der Waals surface area (Å²) in [6.45, 7) is 1.89. The molecule has 0 aliphatic rings. The zero-order valence-electron chi connectivity index (χ0n) is 8.11. The van der Waals surface area contributed by atoms with E-state index < -0.39 is 0 Å². The van der Waals surface area contributed by atoms with Crippen LogP contribution in [0.5, 0.6) is 0 Å². The number of nitrogens with one attached hydrogen (secondary N) is 2. The smallest absolute Gasteiger partial charge is 0.186 e. The second-order valence-electron chi connectivity index (χ2n) is 2.63. The van der Waals surface area contributed by atoms with E-state index in [1.165, 1.54) is 0 Å². The fraction of sp³-hybridized carbons (Fsp3) is 0.222. The zero-order valence-corrected chi connectivity index (χ0v) is 8.93. The lowest BCUT2D eigenvalue weighted by molar-refractivity contribution is 0.973. The average Bonchev–Trinajstić information content (AvgIpc) is 2.26. The molecule has 74 valence electrons. The van der Waals surface area contributed by atoms with Crippen LogP contribution in [0, 0.1) is 0 Å². The van der Waals surface area contributed by atoms with Crippen LogP contribution >= 0.6 is 12.2 Å². The summed E-state index contributed by atoms with van der Waals surface area (Å²) in [5.74, 6) is 0. The van der Waals surface area contributed by atoms with Gasteiger partial charge in [0.1, 0.15) is 0 Å². The minimum Gasteiger partial charge on any atom is -0.364 e. The molecule has 0 aromatic carbocycles. The highest BCUT2D eigenvalue weighted by molar-refractivity contribution is 7.80. The van der Waals surface area contributed by atoms with Gasteiger partial charge in [0.25, 0.3) is 0 Å². The largest absolute Gasteiger partial charge is 0.364 e. The van der Waals surface area contributed by atoms with Crippen molar-refractivity contribution in [2.75, 3.05) is 7.05 Å². The molecule has 0 unspecified atom stereocenters. The van der Waals surface area contributed by atoms with Crippen molar-refractivity contribution in [2.24, 2.45) is 5.10 Å². The maximum Gasteiger partial charge on any atom is 0.186 e. The summed E-state index contributed by atoms with van der Waals surface area (Å²) in [5, 5.41) is 7.35. The molecule has 0 saturated heterocycles. The van der Waals surface area contributed by atoms with Crippen molar-refractivity contribution >= 4 is 23.0 Å². The van der Waals surface area contributed by atoms with Crippen LogP contribution in [0.2, 0.25) is 0 Å². The molecule has 0 fully saturated rings. The summed E-state index contributed by atoms with van der Waals surface area (Å²) in [6, 6.07) is 3.81. The van der Waals surface area contributed by atoms with Gasteiger partial charge in [-0.25, -0.2) is 0 Å². The number of hydrazone groups is 1. The summed E-state index contributed by atoms with van der Waals surface area (Å²) < 4.78 is 0. The Balaban J connectivity index is 2.66. The number of nitrogens with zero attached hydrogens (tertiary/aromatic N) is 2. The number of rotatable bonds is 2. The third kappa shape index (κ3) is 3.10. The van der Waals surface area contributed by atoms with Crippen LogP contribution in [0.15, 0.2) is 29.6 Å². The highest BCUT2D eigenvalue weighted by Gasteiger charge is 1.95. The van der Waals surface area contributed by atoms with Gasteiger partial charge in [0.15, 0.2) is 5.11 Å². The van der Waals surface area contributed by atoms with Crippen molar-refractivity contribution in [1.82, 2.24) is 15.7 Å². The lowest BCUT2D eigenvalue weighted by Gasteiger charge is -2.03. The van der Waals surface area contributed by atoms with Crippen molar-refractivity contribution in [3.8, 4) is 0 Å². The van der Waals surface area contributed by atoms with Crippen LogP contribution in [0.1, 0.15) is 12.5 Å². The van der Waals surface area contributed by atoms with E-state index in [9.17, 15) is 0 Å². The van der Waals surface area contributed by atoms with Gasteiger partial charge >= 0.3 is 0 Å². The van der Waals surface area contributed by atoms with Crippen molar-refractivity contribution in [1.29, 1.82) is 0 Å². The lowest BCUT2D eigenvalue weighted by Crippen LogP contribution is -2.29. The van der Waals surface area contributed by atoms with Gasteiger partial charge in [0, 0.05) is 25.0 Å². The fourth-order valence-electron chi connectivity index (χ4n) is 0.832. The van der Waals surface area contributed by atoms with Crippen LogP contribution < -0.4 is 10.7 Å². The monoisotopic (exact) mass is 208 g/mol. The molecule has 0 atom stereocenters. The highest BCUT2D eigenvalue weighted by atomic mass is 32.1. The predicted octanol–water partition coefficient (Wildman–Crippen LogP) is 0.899. The summed E-state index contributed by atoms with van der Waals surface area (Å²) >= 11 is 4.88. The molecule has 5 heteroatoms. The quantitative estimate of drug-likeness (QED) is 0.431. The second-order valence-corrected chi connectivity index (χ2v) is 3.04. The molecule has 4 nitrogen and oxygen atoms in total. The van der Waals surface area contributed by atoms with E-state index in [4.69, 9.17) is 12.2 Å². The highest BCUT2D eigenvalue weighted by Crippen LogP contribution is 1.96. The number of hydrogen-bond acceptors (Lipinski definition) is 3. The van der Waals surface area contributed by atoms with Gasteiger partial charge in [-0.2, -0.15) is 5.10 Å². The molecule has 1 rings (SSSR count). The average molecular weight is 208 g/mol. The maximum atomic E-state index is 4.88. The standard InChI is InChI=1S/C9H12N4S/c1-7(12-13-9(14)10-2)8-4-3-5-11-6-8/h3-6H,1-2H3,(H2,10,13,14)/b12-7-. The Bertz CT molecular complexity index is 334. The minimum atomic E-state index is 0.494. The Morgan fingerprint density at radius 3 is 2.93 bits per heavy atom. The number of pyridine rings is 1. The molecule has 1 aromatic rings. The van der Waals surface area contributed by atoms with Crippen molar-refractivity contribution in [2.45, 2.75) is 6.92 Å². The number of aromatic nitrogens is 1. The first-order valence-corrected chi connectivity index (χ1v) is 4.57. The van der Waals surface area contributed by atoms with E-state index in [-0.39, 0.29) is 0 Å². The lowest BCUT2D eigenvalue weighted by atomic mass is 10.2. The third-order valence-corrected chi connectivity index (χ3v) is 1.93. The topological polar surface area (TPSA) is 49.3 Å². The third-order valence-electron chi connectivity index (χ3n) is 1.63. The zero-order chi connectivity index (χ0) is 10.4. The summed E-state index contributed by atoms with van der Waals surface area (Å²) in [5.41, 5.74) is 4.53. The van der Waals surface area contributed by atoms with Crippen molar-refractivity contribution in [3.63, 3.8) is 0 Å². The maximum absolute atomic E-state index is 4.88. The molecule has 0 radical (unpaired) electrons. The van der Waals surface area contributed by atoms with E-state index in [0.29, 0.717) is 5.11 Å². The van der Waals surface area contributed by atoms with Crippen LogP contribution in [-0.2, 0) is 0 Å². The van der Waals surface area contributed by atoms with E-state index in [2.05, 4.69) is 20.8 Å². The minimum absolute atomic E-state index is 0.494. The Morgan fingerprint density at radius 1 is 1.57 bits per heavy atom. The first-order chi connectivity index (χ1) is 6.74. The number of thiocarbonyl (C=S) groups is 1. The Kier molecular flexibility index (Phi) is 4.00. The molecule has 1 heterocycles. The molecule has 0 aliphatic carbocycles. The summed E-state index contributed by atoms with van der Waals surface area (Å²) in [7, 11) is 1.74. The van der Waals surface area contributed by atoms with Gasteiger partial charge in [-0.3, -0.25) is 10.4 Å². The number of hydrogen-bond donors (Lipinski definition) is 2.